The van der Waals surface area contributed by atoms with E-state index in [2.05, 4.69) is 32.9 Å². The average molecular weight is 375 g/mol. The zero-order valence-corrected chi connectivity index (χ0v) is 16.1. The van der Waals surface area contributed by atoms with E-state index in [9.17, 15) is 4.79 Å². The SMILES string of the molecule is CO[C@@]12CC[C@@H](NC(=O)c3cc(C)no3)C[C@@H]1N(Cc1cccs1)CC2. The lowest BCUT2D eigenvalue weighted by Gasteiger charge is -2.43. The molecule has 2 fully saturated rings. The lowest BCUT2D eigenvalue weighted by Crippen LogP contribution is -2.54. The van der Waals surface area contributed by atoms with Crippen LogP contribution in [-0.4, -0.2) is 47.3 Å². The monoisotopic (exact) mass is 375 g/mol. The van der Waals surface area contributed by atoms with Gasteiger partial charge < -0.3 is 14.6 Å². The van der Waals surface area contributed by atoms with Gasteiger partial charge in [0, 0.05) is 43.2 Å². The molecule has 26 heavy (non-hydrogen) atoms. The zero-order chi connectivity index (χ0) is 18.1. The fourth-order valence-corrected chi connectivity index (χ4v) is 5.17. The number of carbonyl (C=O) groups is 1. The number of rotatable bonds is 5. The van der Waals surface area contributed by atoms with Gasteiger partial charge in [0.25, 0.3) is 5.91 Å². The van der Waals surface area contributed by atoms with Crippen molar-refractivity contribution in [3.8, 4) is 0 Å². The number of nitrogens with zero attached hydrogens (tertiary/aromatic N) is 2. The Morgan fingerprint density at radius 1 is 1.54 bits per heavy atom. The Labute approximate surface area is 157 Å². The van der Waals surface area contributed by atoms with Crippen LogP contribution in [-0.2, 0) is 11.3 Å². The van der Waals surface area contributed by atoms with E-state index in [-0.39, 0.29) is 23.3 Å². The molecular weight excluding hydrogens is 350 g/mol. The van der Waals surface area contributed by atoms with Crippen LogP contribution in [0.15, 0.2) is 28.1 Å². The molecule has 2 aliphatic rings. The van der Waals surface area contributed by atoms with Gasteiger partial charge in [-0.05, 0) is 44.1 Å². The summed E-state index contributed by atoms with van der Waals surface area (Å²) in [5.74, 6) is 0.108. The second-order valence-electron chi connectivity index (χ2n) is 7.36. The van der Waals surface area contributed by atoms with Crippen LogP contribution in [0.4, 0.5) is 0 Å². The molecule has 3 heterocycles. The summed E-state index contributed by atoms with van der Waals surface area (Å²) < 4.78 is 11.1. The number of amides is 1. The zero-order valence-electron chi connectivity index (χ0n) is 15.2. The van der Waals surface area contributed by atoms with E-state index in [1.165, 1.54) is 4.88 Å². The maximum absolute atomic E-state index is 12.4. The Morgan fingerprint density at radius 2 is 2.42 bits per heavy atom. The molecule has 1 saturated heterocycles. The van der Waals surface area contributed by atoms with Gasteiger partial charge in [0.05, 0.1) is 11.3 Å². The second kappa shape index (κ2) is 7.13. The largest absolute Gasteiger partial charge is 0.377 e. The van der Waals surface area contributed by atoms with Crippen molar-refractivity contribution in [1.29, 1.82) is 0 Å². The summed E-state index contributed by atoms with van der Waals surface area (Å²) in [4.78, 5) is 16.3. The Kier molecular flexibility index (Phi) is 4.86. The lowest BCUT2D eigenvalue weighted by molar-refractivity contribution is -0.0677. The first-order valence-corrected chi connectivity index (χ1v) is 10.0. The highest BCUT2D eigenvalue weighted by atomic mass is 32.1. The van der Waals surface area contributed by atoms with Gasteiger partial charge in [-0.15, -0.1) is 11.3 Å². The number of hydrogen-bond acceptors (Lipinski definition) is 6. The third-order valence-electron chi connectivity index (χ3n) is 5.83. The van der Waals surface area contributed by atoms with Crippen molar-refractivity contribution in [2.75, 3.05) is 13.7 Å². The predicted octanol–water partition coefficient (Wildman–Crippen LogP) is 2.99. The summed E-state index contributed by atoms with van der Waals surface area (Å²) in [7, 11) is 1.83. The van der Waals surface area contributed by atoms with Gasteiger partial charge in [-0.1, -0.05) is 11.2 Å². The summed E-state index contributed by atoms with van der Waals surface area (Å²) in [5, 5.41) is 9.05. The maximum atomic E-state index is 12.4. The first kappa shape index (κ1) is 17.7. The summed E-state index contributed by atoms with van der Waals surface area (Å²) in [6, 6.07) is 6.42. The molecule has 1 amide bonds. The van der Waals surface area contributed by atoms with Crippen LogP contribution in [0.5, 0.6) is 0 Å². The van der Waals surface area contributed by atoms with Crippen molar-refractivity contribution >= 4 is 17.2 Å². The number of nitrogens with one attached hydrogen (secondary N) is 1. The molecule has 140 valence electrons. The van der Waals surface area contributed by atoms with E-state index in [0.29, 0.717) is 6.04 Å². The summed E-state index contributed by atoms with van der Waals surface area (Å²) in [6.07, 6.45) is 3.85. The molecular formula is C19H25N3O3S. The number of aryl methyl sites for hydroxylation is 1. The molecule has 0 unspecified atom stereocenters. The van der Waals surface area contributed by atoms with Gasteiger partial charge in [-0.2, -0.15) is 0 Å². The topological polar surface area (TPSA) is 67.6 Å². The van der Waals surface area contributed by atoms with Gasteiger partial charge in [0.15, 0.2) is 0 Å². The first-order valence-electron chi connectivity index (χ1n) is 9.15. The van der Waals surface area contributed by atoms with Crippen LogP contribution in [0.2, 0.25) is 0 Å². The lowest BCUT2D eigenvalue weighted by atomic mass is 9.78. The highest BCUT2D eigenvalue weighted by Gasteiger charge is 2.51. The fourth-order valence-electron chi connectivity index (χ4n) is 4.44. The molecule has 6 nitrogen and oxygen atoms in total. The quantitative estimate of drug-likeness (QED) is 0.870. The van der Waals surface area contributed by atoms with Crippen LogP contribution in [0.25, 0.3) is 0 Å². The molecule has 1 aliphatic carbocycles. The van der Waals surface area contributed by atoms with Crippen molar-refractivity contribution in [1.82, 2.24) is 15.4 Å². The highest BCUT2D eigenvalue weighted by molar-refractivity contribution is 7.09. The molecule has 0 aromatic carbocycles. The number of hydrogen-bond donors (Lipinski definition) is 1. The first-order chi connectivity index (χ1) is 12.6. The van der Waals surface area contributed by atoms with Crippen LogP contribution in [0.1, 0.15) is 46.8 Å². The summed E-state index contributed by atoms with van der Waals surface area (Å²) in [6.45, 7) is 3.81. The Hall–Kier alpha value is -1.70. The normalized spacial score (nSPS) is 28.8. The molecule has 3 atom stereocenters. The smallest absolute Gasteiger partial charge is 0.290 e. The Bertz CT molecular complexity index is 760. The van der Waals surface area contributed by atoms with E-state index in [4.69, 9.17) is 9.26 Å². The minimum absolute atomic E-state index is 0.0820. The molecule has 1 saturated carbocycles. The molecule has 1 aliphatic heterocycles. The molecule has 7 heteroatoms. The Balaban J connectivity index is 1.45. The minimum atomic E-state index is -0.177. The van der Waals surface area contributed by atoms with Gasteiger partial charge in [0.2, 0.25) is 5.76 Å². The fraction of sp³-hybridized carbons (Fsp3) is 0.579. The standard InChI is InChI=1S/C19H25N3O3S/c1-13-10-16(25-21-13)18(23)20-14-5-6-19(24-2)7-8-22(17(19)11-14)12-15-4-3-9-26-15/h3-4,9-10,14,17H,5-8,11-12H2,1-2H3,(H,20,23)/t14-,17+,19-/m1/s1. The third-order valence-corrected chi connectivity index (χ3v) is 6.69. The van der Waals surface area contributed by atoms with Crippen LogP contribution in [0.3, 0.4) is 0 Å². The van der Waals surface area contributed by atoms with Crippen LogP contribution >= 0.6 is 11.3 Å². The predicted molar refractivity (Wildman–Crippen MR) is 99.2 cm³/mol. The van der Waals surface area contributed by atoms with Crippen molar-refractivity contribution < 1.29 is 14.1 Å². The molecule has 2 aromatic rings. The van der Waals surface area contributed by atoms with E-state index < -0.39 is 0 Å². The maximum Gasteiger partial charge on any atom is 0.290 e. The van der Waals surface area contributed by atoms with E-state index >= 15 is 0 Å². The van der Waals surface area contributed by atoms with Gasteiger partial charge in [0.1, 0.15) is 0 Å². The van der Waals surface area contributed by atoms with Crippen molar-refractivity contribution in [3.63, 3.8) is 0 Å². The number of likely N-dealkylation sites (tertiary alicyclic amines) is 1. The molecule has 0 bridgehead atoms. The summed E-state index contributed by atoms with van der Waals surface area (Å²) in [5.41, 5.74) is 0.636. The van der Waals surface area contributed by atoms with E-state index in [1.807, 2.05) is 14.0 Å². The van der Waals surface area contributed by atoms with Crippen molar-refractivity contribution in [3.05, 3.63) is 39.9 Å². The van der Waals surface area contributed by atoms with E-state index in [0.717, 1.165) is 44.5 Å². The minimum Gasteiger partial charge on any atom is -0.377 e. The molecule has 0 radical (unpaired) electrons. The van der Waals surface area contributed by atoms with Gasteiger partial charge in [-0.3, -0.25) is 9.69 Å². The number of carbonyl (C=O) groups excluding carboxylic acids is 1. The van der Waals surface area contributed by atoms with Gasteiger partial charge >= 0.3 is 0 Å². The highest BCUT2D eigenvalue weighted by Crippen LogP contribution is 2.43. The van der Waals surface area contributed by atoms with Crippen molar-refractivity contribution in [2.45, 2.75) is 56.8 Å². The van der Waals surface area contributed by atoms with Crippen LogP contribution in [0, 0.1) is 6.92 Å². The molecule has 1 N–H and O–H groups in total. The number of ether oxygens (including phenoxy) is 1. The number of aromatic nitrogens is 1. The number of methoxy groups -OCH3 is 1. The number of thiophene rings is 1. The third kappa shape index (κ3) is 3.31. The average Bonchev–Trinajstić information content (AvgIpc) is 3.37. The number of fused-ring (bicyclic) bond motifs is 1. The Morgan fingerprint density at radius 3 is 3.12 bits per heavy atom. The van der Waals surface area contributed by atoms with Gasteiger partial charge in [-0.25, -0.2) is 0 Å². The molecule has 2 aromatic heterocycles. The molecule has 4 rings (SSSR count). The van der Waals surface area contributed by atoms with Crippen molar-refractivity contribution in [2.24, 2.45) is 0 Å². The summed E-state index contributed by atoms with van der Waals surface area (Å²) >= 11 is 1.80. The van der Waals surface area contributed by atoms with Crippen LogP contribution < -0.4 is 5.32 Å². The second-order valence-corrected chi connectivity index (χ2v) is 8.39. The van der Waals surface area contributed by atoms with E-state index in [1.54, 1.807) is 17.4 Å². The molecule has 0 spiro atoms.